The summed E-state index contributed by atoms with van der Waals surface area (Å²) in [6.45, 7) is 0.328. The van der Waals surface area contributed by atoms with Gasteiger partial charge in [0.1, 0.15) is 11.5 Å². The highest BCUT2D eigenvalue weighted by Crippen LogP contribution is 2.34. The summed E-state index contributed by atoms with van der Waals surface area (Å²) < 4.78 is 10.5. The molecule has 0 aliphatic carbocycles. The topological polar surface area (TPSA) is 61.5 Å². The Hall–Kier alpha value is -1.20. The fourth-order valence-electron chi connectivity index (χ4n) is 1.51. The number of rotatable bonds is 6. The van der Waals surface area contributed by atoms with E-state index in [-0.39, 0.29) is 5.78 Å². The zero-order valence-electron chi connectivity index (χ0n) is 10.3. The molecule has 0 unspecified atom stereocenters. The molecular weight excluding hydrogens is 238 g/mol. The zero-order valence-corrected chi connectivity index (χ0v) is 11.1. The summed E-state index contributed by atoms with van der Waals surface area (Å²) in [5.41, 5.74) is 5.91. The van der Waals surface area contributed by atoms with Crippen LogP contribution in [0.15, 0.2) is 17.0 Å². The molecule has 0 saturated heterocycles. The maximum Gasteiger partial charge on any atom is 0.167 e. The number of methoxy groups -OCH3 is 2. The largest absolute Gasteiger partial charge is 0.496 e. The molecule has 1 aromatic carbocycles. The third kappa shape index (κ3) is 3.14. The maximum absolute atomic E-state index is 11.9. The fraction of sp³-hybridized carbons (Fsp3) is 0.417. The number of hydrogen-bond acceptors (Lipinski definition) is 5. The molecule has 17 heavy (non-hydrogen) atoms. The highest BCUT2D eigenvalue weighted by Gasteiger charge is 2.16. The number of Topliss-reactive ketones (excluding diaryl/α,β-unsaturated/α-hetero) is 1. The Labute approximate surface area is 105 Å². The van der Waals surface area contributed by atoms with Gasteiger partial charge in [0.2, 0.25) is 0 Å². The van der Waals surface area contributed by atoms with E-state index in [0.29, 0.717) is 30.0 Å². The Morgan fingerprint density at radius 2 is 1.94 bits per heavy atom. The van der Waals surface area contributed by atoms with Crippen molar-refractivity contribution in [2.75, 3.05) is 27.0 Å². The van der Waals surface area contributed by atoms with E-state index in [9.17, 15) is 4.79 Å². The molecule has 0 aromatic heterocycles. The molecule has 0 bridgehead atoms. The molecule has 0 amide bonds. The smallest absolute Gasteiger partial charge is 0.167 e. The van der Waals surface area contributed by atoms with Crippen molar-refractivity contribution in [1.29, 1.82) is 0 Å². The van der Waals surface area contributed by atoms with Crippen LogP contribution >= 0.6 is 11.8 Å². The third-order valence-electron chi connectivity index (χ3n) is 2.38. The van der Waals surface area contributed by atoms with Crippen LogP contribution in [0, 0.1) is 0 Å². The first-order chi connectivity index (χ1) is 8.17. The number of benzene rings is 1. The first-order valence-corrected chi connectivity index (χ1v) is 6.43. The maximum atomic E-state index is 11.9. The van der Waals surface area contributed by atoms with Gasteiger partial charge in [-0.15, -0.1) is 11.8 Å². The van der Waals surface area contributed by atoms with E-state index in [0.717, 1.165) is 4.90 Å². The molecule has 0 fully saturated rings. The summed E-state index contributed by atoms with van der Waals surface area (Å²) in [6.07, 6.45) is 2.25. The van der Waals surface area contributed by atoms with Crippen LogP contribution in [0.3, 0.4) is 0 Å². The third-order valence-corrected chi connectivity index (χ3v) is 3.14. The summed E-state index contributed by atoms with van der Waals surface area (Å²) in [5.74, 6) is 1.21. The van der Waals surface area contributed by atoms with Crippen LogP contribution in [0.5, 0.6) is 11.5 Å². The number of ether oxygens (including phenoxy) is 2. The second-order valence-electron chi connectivity index (χ2n) is 3.37. The van der Waals surface area contributed by atoms with Crippen molar-refractivity contribution in [2.45, 2.75) is 11.3 Å². The molecule has 0 radical (unpaired) electrons. The lowest BCUT2D eigenvalue weighted by atomic mass is 10.1. The molecule has 94 valence electrons. The van der Waals surface area contributed by atoms with E-state index in [1.54, 1.807) is 32.0 Å². The van der Waals surface area contributed by atoms with Gasteiger partial charge in [-0.3, -0.25) is 4.79 Å². The predicted molar refractivity (Wildman–Crippen MR) is 69.3 cm³/mol. The molecule has 5 heteroatoms. The molecule has 4 nitrogen and oxygen atoms in total. The van der Waals surface area contributed by atoms with E-state index in [2.05, 4.69) is 0 Å². The second kappa shape index (κ2) is 6.51. The lowest BCUT2D eigenvalue weighted by Crippen LogP contribution is -2.09. The zero-order chi connectivity index (χ0) is 12.8. The molecule has 1 rings (SSSR count). The molecule has 0 saturated carbocycles. The molecule has 0 aliphatic heterocycles. The number of hydrogen-bond donors (Lipinski definition) is 1. The summed E-state index contributed by atoms with van der Waals surface area (Å²) in [7, 11) is 3.13. The van der Waals surface area contributed by atoms with Gasteiger partial charge in [0.15, 0.2) is 5.78 Å². The van der Waals surface area contributed by atoms with E-state index < -0.39 is 0 Å². The average molecular weight is 255 g/mol. The molecule has 0 aliphatic rings. The van der Waals surface area contributed by atoms with Crippen LogP contribution in [0.25, 0.3) is 0 Å². The predicted octanol–water partition coefficient (Wildman–Crippen LogP) is 1.96. The normalized spacial score (nSPS) is 10.1. The Balaban J connectivity index is 3.23. The van der Waals surface area contributed by atoms with Gasteiger partial charge in [0.05, 0.1) is 24.7 Å². The quantitative estimate of drug-likeness (QED) is 0.622. The lowest BCUT2D eigenvalue weighted by molar-refractivity contribution is 0.0982. The number of thioether (sulfide) groups is 1. The van der Waals surface area contributed by atoms with E-state index in [4.69, 9.17) is 15.2 Å². The van der Waals surface area contributed by atoms with Gasteiger partial charge >= 0.3 is 0 Å². The van der Waals surface area contributed by atoms with Gasteiger partial charge in [-0.05, 0) is 24.9 Å². The van der Waals surface area contributed by atoms with Crippen LogP contribution in [0.4, 0.5) is 0 Å². The Bertz CT molecular complexity index is 407. The van der Waals surface area contributed by atoms with Crippen molar-refractivity contribution in [3.8, 4) is 11.5 Å². The number of nitrogens with two attached hydrogens (primary N) is 1. The van der Waals surface area contributed by atoms with Gasteiger partial charge in [-0.25, -0.2) is 0 Å². The van der Waals surface area contributed by atoms with Crippen LogP contribution in [0.2, 0.25) is 0 Å². The van der Waals surface area contributed by atoms with E-state index in [1.807, 2.05) is 12.3 Å². The highest BCUT2D eigenvalue weighted by molar-refractivity contribution is 7.98. The van der Waals surface area contributed by atoms with Crippen molar-refractivity contribution < 1.29 is 14.3 Å². The Morgan fingerprint density at radius 3 is 2.41 bits per heavy atom. The second-order valence-corrected chi connectivity index (χ2v) is 4.22. The summed E-state index contributed by atoms with van der Waals surface area (Å²) in [6, 6.07) is 3.52. The minimum atomic E-state index is -0.0321. The highest BCUT2D eigenvalue weighted by atomic mass is 32.2. The van der Waals surface area contributed by atoms with Crippen molar-refractivity contribution in [3.05, 3.63) is 17.7 Å². The van der Waals surface area contributed by atoms with Crippen LogP contribution < -0.4 is 15.2 Å². The van der Waals surface area contributed by atoms with Crippen LogP contribution in [-0.4, -0.2) is 32.8 Å². The van der Waals surface area contributed by atoms with Crippen LogP contribution in [0.1, 0.15) is 16.8 Å². The van der Waals surface area contributed by atoms with E-state index >= 15 is 0 Å². The Morgan fingerprint density at radius 1 is 1.29 bits per heavy atom. The number of ketones is 1. The summed E-state index contributed by atoms with van der Waals surface area (Å²) in [4.78, 5) is 12.8. The number of carbonyl (C=O) groups excluding carboxylic acids is 1. The van der Waals surface area contributed by atoms with Crippen molar-refractivity contribution in [1.82, 2.24) is 0 Å². The van der Waals surface area contributed by atoms with Crippen molar-refractivity contribution in [3.63, 3.8) is 0 Å². The first kappa shape index (κ1) is 13.9. The molecule has 2 N–H and O–H groups in total. The number of carbonyl (C=O) groups is 1. The Kier molecular flexibility index (Phi) is 5.31. The monoisotopic (exact) mass is 255 g/mol. The first-order valence-electron chi connectivity index (χ1n) is 5.21. The van der Waals surface area contributed by atoms with Crippen molar-refractivity contribution in [2.24, 2.45) is 5.73 Å². The fourth-order valence-corrected chi connectivity index (χ4v) is 2.08. The van der Waals surface area contributed by atoms with Crippen LogP contribution in [-0.2, 0) is 0 Å². The molecule has 1 aromatic rings. The van der Waals surface area contributed by atoms with E-state index in [1.165, 1.54) is 0 Å². The molecule has 0 heterocycles. The van der Waals surface area contributed by atoms with Crippen molar-refractivity contribution >= 4 is 17.5 Å². The van der Waals surface area contributed by atoms with Gasteiger partial charge in [-0.2, -0.15) is 0 Å². The molecular formula is C12H17NO3S. The lowest BCUT2D eigenvalue weighted by Gasteiger charge is -2.12. The molecule has 0 atom stereocenters. The minimum absolute atomic E-state index is 0.0321. The summed E-state index contributed by atoms with van der Waals surface area (Å²) in [5, 5.41) is 0. The average Bonchev–Trinajstić information content (AvgIpc) is 2.37. The minimum Gasteiger partial charge on any atom is -0.496 e. The SMILES string of the molecule is COc1cc(C(=O)CCN)c(OC)cc1SC. The van der Waals surface area contributed by atoms with Gasteiger partial charge in [-0.1, -0.05) is 0 Å². The van der Waals surface area contributed by atoms with Gasteiger partial charge < -0.3 is 15.2 Å². The van der Waals surface area contributed by atoms with Gasteiger partial charge in [0.25, 0.3) is 0 Å². The van der Waals surface area contributed by atoms with Gasteiger partial charge in [0, 0.05) is 6.42 Å². The molecule has 0 spiro atoms. The standard InChI is InChI=1S/C12H17NO3S/c1-15-10-7-12(17-3)11(16-2)6-8(10)9(14)4-5-13/h6-7H,4-5,13H2,1-3H3. The summed E-state index contributed by atoms with van der Waals surface area (Å²) >= 11 is 1.54.